The van der Waals surface area contributed by atoms with Gasteiger partial charge in [0, 0.05) is 31.7 Å². The molecule has 0 amide bonds. The van der Waals surface area contributed by atoms with Gasteiger partial charge in [-0.15, -0.1) is 0 Å². The monoisotopic (exact) mass is 274 g/mol. The van der Waals surface area contributed by atoms with Crippen LogP contribution in [0.5, 0.6) is 0 Å². The zero-order chi connectivity index (χ0) is 13.3. The first-order valence-corrected chi connectivity index (χ1v) is 8.80. The van der Waals surface area contributed by atoms with E-state index in [-0.39, 0.29) is 5.25 Å². The first kappa shape index (κ1) is 14.3. The molecule has 18 heavy (non-hydrogen) atoms. The molecule has 0 saturated carbocycles. The fraction of sp³-hybridized carbons (Fsp3) is 1.00. The number of nitrogens with zero attached hydrogens (tertiary/aromatic N) is 1. The normalized spacial score (nSPS) is 37.2. The van der Waals surface area contributed by atoms with Gasteiger partial charge in [0.1, 0.15) is 0 Å². The molecule has 0 aromatic rings. The van der Waals surface area contributed by atoms with Crippen molar-refractivity contribution in [1.82, 2.24) is 10.2 Å². The van der Waals surface area contributed by atoms with Crippen LogP contribution in [0.15, 0.2) is 0 Å². The smallest absolute Gasteiger partial charge is 0.154 e. The Morgan fingerprint density at radius 2 is 2.11 bits per heavy atom. The molecule has 0 spiro atoms. The second kappa shape index (κ2) is 5.47. The number of rotatable bonds is 3. The summed E-state index contributed by atoms with van der Waals surface area (Å²) in [5.41, 5.74) is 0. The second-order valence-electron chi connectivity index (χ2n) is 6.21. The molecule has 1 N–H and O–H groups in total. The Bertz CT molecular complexity index is 380. The van der Waals surface area contributed by atoms with Crippen molar-refractivity contribution in [3.63, 3.8) is 0 Å². The summed E-state index contributed by atoms with van der Waals surface area (Å²) >= 11 is 0. The highest BCUT2D eigenvalue weighted by Crippen LogP contribution is 2.24. The van der Waals surface area contributed by atoms with Crippen molar-refractivity contribution in [2.75, 3.05) is 25.4 Å². The third-order valence-electron chi connectivity index (χ3n) is 4.32. The molecule has 0 aromatic heterocycles. The summed E-state index contributed by atoms with van der Waals surface area (Å²) in [5.74, 6) is 0.958. The van der Waals surface area contributed by atoms with E-state index in [2.05, 4.69) is 31.0 Å². The highest BCUT2D eigenvalue weighted by atomic mass is 32.2. The molecule has 5 heteroatoms. The van der Waals surface area contributed by atoms with Crippen LogP contribution in [0.1, 0.15) is 33.6 Å². The van der Waals surface area contributed by atoms with Gasteiger partial charge in [0.2, 0.25) is 0 Å². The molecular weight excluding hydrogens is 248 g/mol. The van der Waals surface area contributed by atoms with Crippen molar-refractivity contribution in [1.29, 1.82) is 0 Å². The van der Waals surface area contributed by atoms with Crippen molar-refractivity contribution in [2.45, 2.75) is 50.9 Å². The van der Waals surface area contributed by atoms with E-state index in [0.717, 1.165) is 32.5 Å². The minimum atomic E-state index is -2.82. The molecular formula is C13H26N2O2S. The molecule has 106 valence electrons. The average molecular weight is 274 g/mol. The SMILES string of the molecule is CC1CN(CC2CCCS2(=O)=O)C(C(C)C)CN1. The summed E-state index contributed by atoms with van der Waals surface area (Å²) in [4.78, 5) is 2.40. The van der Waals surface area contributed by atoms with E-state index >= 15 is 0 Å². The van der Waals surface area contributed by atoms with Crippen LogP contribution in [-0.4, -0.2) is 56.0 Å². The van der Waals surface area contributed by atoms with Gasteiger partial charge in [-0.25, -0.2) is 8.42 Å². The lowest BCUT2D eigenvalue weighted by molar-refractivity contribution is 0.102. The molecule has 0 aliphatic carbocycles. The van der Waals surface area contributed by atoms with Crippen molar-refractivity contribution in [3.8, 4) is 0 Å². The molecule has 2 heterocycles. The zero-order valence-electron chi connectivity index (χ0n) is 11.7. The minimum Gasteiger partial charge on any atom is -0.311 e. The Morgan fingerprint density at radius 3 is 2.67 bits per heavy atom. The van der Waals surface area contributed by atoms with Crippen LogP contribution in [-0.2, 0) is 9.84 Å². The fourth-order valence-electron chi connectivity index (χ4n) is 3.19. The number of hydrogen-bond acceptors (Lipinski definition) is 4. The number of nitrogens with one attached hydrogen (secondary N) is 1. The van der Waals surface area contributed by atoms with Crippen LogP contribution in [0.2, 0.25) is 0 Å². The van der Waals surface area contributed by atoms with Gasteiger partial charge in [0.05, 0.1) is 11.0 Å². The lowest BCUT2D eigenvalue weighted by Crippen LogP contribution is -2.59. The maximum Gasteiger partial charge on any atom is 0.154 e. The van der Waals surface area contributed by atoms with Crippen molar-refractivity contribution in [3.05, 3.63) is 0 Å². The van der Waals surface area contributed by atoms with Gasteiger partial charge in [-0.2, -0.15) is 0 Å². The topological polar surface area (TPSA) is 49.4 Å². The minimum absolute atomic E-state index is 0.121. The number of piperazine rings is 1. The Labute approximate surface area is 111 Å². The van der Waals surface area contributed by atoms with Crippen LogP contribution in [0.4, 0.5) is 0 Å². The maximum absolute atomic E-state index is 12.0. The summed E-state index contributed by atoms with van der Waals surface area (Å²) in [5, 5.41) is 3.38. The van der Waals surface area contributed by atoms with Crippen molar-refractivity contribution in [2.24, 2.45) is 5.92 Å². The lowest BCUT2D eigenvalue weighted by Gasteiger charge is -2.42. The van der Waals surface area contributed by atoms with Gasteiger partial charge in [0.15, 0.2) is 9.84 Å². The molecule has 0 bridgehead atoms. The summed E-state index contributed by atoms with van der Waals surface area (Å²) in [6.45, 7) is 9.29. The van der Waals surface area contributed by atoms with Gasteiger partial charge in [-0.1, -0.05) is 13.8 Å². The highest BCUT2D eigenvalue weighted by molar-refractivity contribution is 7.92. The molecule has 0 radical (unpaired) electrons. The molecule has 2 aliphatic heterocycles. The molecule has 4 nitrogen and oxygen atoms in total. The fourth-order valence-corrected chi connectivity index (χ4v) is 5.04. The lowest BCUT2D eigenvalue weighted by atomic mass is 9.98. The van der Waals surface area contributed by atoms with Crippen molar-refractivity contribution < 1.29 is 8.42 Å². The molecule has 3 unspecified atom stereocenters. The van der Waals surface area contributed by atoms with E-state index < -0.39 is 9.84 Å². The molecule has 2 saturated heterocycles. The summed E-state index contributed by atoms with van der Waals surface area (Å²) < 4.78 is 23.9. The summed E-state index contributed by atoms with van der Waals surface area (Å²) in [7, 11) is -2.82. The van der Waals surface area contributed by atoms with Gasteiger partial charge < -0.3 is 5.32 Å². The van der Waals surface area contributed by atoms with Gasteiger partial charge >= 0.3 is 0 Å². The Kier molecular flexibility index (Phi) is 4.34. The molecule has 2 aliphatic rings. The average Bonchev–Trinajstić information content (AvgIpc) is 2.58. The predicted octanol–water partition coefficient (Wildman–Crippen LogP) is 0.882. The first-order valence-electron chi connectivity index (χ1n) is 7.09. The standard InChI is InChI=1S/C13H26N2O2S/c1-10(2)13-7-14-11(3)8-15(13)9-12-5-4-6-18(12,16)17/h10-14H,4-9H2,1-3H3. The summed E-state index contributed by atoms with van der Waals surface area (Å²) in [6, 6.07) is 0.932. The van der Waals surface area contributed by atoms with E-state index in [0.29, 0.717) is 23.8 Å². The Morgan fingerprint density at radius 1 is 1.39 bits per heavy atom. The van der Waals surface area contributed by atoms with Crippen molar-refractivity contribution >= 4 is 9.84 Å². The number of hydrogen-bond donors (Lipinski definition) is 1. The third kappa shape index (κ3) is 3.06. The Balaban J connectivity index is 2.05. The van der Waals surface area contributed by atoms with Gasteiger partial charge in [-0.05, 0) is 25.7 Å². The molecule has 3 atom stereocenters. The van der Waals surface area contributed by atoms with E-state index in [1.807, 2.05) is 0 Å². The second-order valence-corrected chi connectivity index (χ2v) is 8.61. The van der Waals surface area contributed by atoms with Crippen LogP contribution in [0.3, 0.4) is 0 Å². The zero-order valence-corrected chi connectivity index (χ0v) is 12.5. The van der Waals surface area contributed by atoms with Crippen LogP contribution >= 0.6 is 0 Å². The summed E-state index contributed by atoms with van der Waals surface area (Å²) in [6.07, 6.45) is 1.70. The number of sulfone groups is 1. The van der Waals surface area contributed by atoms with Crippen LogP contribution in [0.25, 0.3) is 0 Å². The largest absolute Gasteiger partial charge is 0.311 e. The molecule has 0 aromatic carbocycles. The van der Waals surface area contributed by atoms with E-state index in [4.69, 9.17) is 0 Å². The molecule has 2 fully saturated rings. The maximum atomic E-state index is 12.0. The predicted molar refractivity (Wildman–Crippen MR) is 74.5 cm³/mol. The van der Waals surface area contributed by atoms with E-state index in [1.165, 1.54) is 0 Å². The van der Waals surface area contributed by atoms with Crippen LogP contribution < -0.4 is 5.32 Å². The van der Waals surface area contributed by atoms with Gasteiger partial charge in [0.25, 0.3) is 0 Å². The van der Waals surface area contributed by atoms with E-state index in [9.17, 15) is 8.42 Å². The van der Waals surface area contributed by atoms with E-state index in [1.54, 1.807) is 0 Å². The first-order chi connectivity index (χ1) is 8.40. The van der Waals surface area contributed by atoms with Crippen LogP contribution in [0, 0.1) is 5.92 Å². The van der Waals surface area contributed by atoms with Gasteiger partial charge in [-0.3, -0.25) is 4.90 Å². The highest BCUT2D eigenvalue weighted by Gasteiger charge is 2.36. The Hall–Kier alpha value is -0.130. The quantitative estimate of drug-likeness (QED) is 0.830. The third-order valence-corrected chi connectivity index (χ3v) is 6.58. The molecule has 2 rings (SSSR count).